The van der Waals surface area contributed by atoms with Gasteiger partial charge in [-0.05, 0) is 37.7 Å². The number of hydrogen-bond acceptors (Lipinski definition) is 7. The Labute approximate surface area is 160 Å². The van der Waals surface area contributed by atoms with Crippen LogP contribution >= 0.6 is 0 Å². The summed E-state index contributed by atoms with van der Waals surface area (Å²) in [5.74, 6) is 2.14. The molecular formula is C19H29N7O. The third-order valence-electron chi connectivity index (χ3n) is 5.49. The van der Waals surface area contributed by atoms with Gasteiger partial charge in [0.25, 0.3) is 0 Å². The van der Waals surface area contributed by atoms with E-state index in [0.29, 0.717) is 18.0 Å². The van der Waals surface area contributed by atoms with E-state index in [1.54, 1.807) is 12.7 Å². The molecule has 1 N–H and O–H groups in total. The van der Waals surface area contributed by atoms with E-state index >= 15 is 0 Å². The molecular weight excluding hydrogens is 342 g/mol. The summed E-state index contributed by atoms with van der Waals surface area (Å²) in [6.07, 6.45) is 9.86. The smallest absolute Gasteiger partial charge is 0.227 e. The maximum atomic E-state index is 5.99. The number of nitrogens with zero attached hydrogens (tertiary/aromatic N) is 6. The lowest BCUT2D eigenvalue weighted by atomic mass is 9.94. The molecule has 8 nitrogen and oxygen atoms in total. The largest absolute Gasteiger partial charge is 0.376 e. The van der Waals surface area contributed by atoms with Crippen LogP contribution in [0.4, 0.5) is 11.8 Å². The minimum absolute atomic E-state index is 0.226. The number of hydrogen-bond donors (Lipinski definition) is 1. The summed E-state index contributed by atoms with van der Waals surface area (Å²) < 4.78 is 7.94. The van der Waals surface area contributed by atoms with Gasteiger partial charge < -0.3 is 15.0 Å². The lowest BCUT2D eigenvalue weighted by Gasteiger charge is -2.35. The molecule has 4 rings (SSSR count). The summed E-state index contributed by atoms with van der Waals surface area (Å²) in [5.41, 5.74) is 0. The second-order valence-electron chi connectivity index (χ2n) is 7.83. The van der Waals surface area contributed by atoms with E-state index < -0.39 is 0 Å². The molecule has 0 amide bonds. The van der Waals surface area contributed by atoms with E-state index in [-0.39, 0.29) is 6.10 Å². The highest BCUT2D eigenvalue weighted by atomic mass is 16.5. The molecule has 0 bridgehead atoms. The lowest BCUT2D eigenvalue weighted by Crippen LogP contribution is -2.43. The Morgan fingerprint density at radius 3 is 3.00 bits per heavy atom. The molecule has 4 heterocycles. The molecule has 0 aromatic carbocycles. The Kier molecular flexibility index (Phi) is 5.52. The normalized spacial score (nSPS) is 26.3. The number of anilines is 2. The molecule has 2 saturated heterocycles. The summed E-state index contributed by atoms with van der Waals surface area (Å²) in [7, 11) is 0. The molecule has 2 aromatic heterocycles. The van der Waals surface area contributed by atoms with Crippen LogP contribution in [0.25, 0.3) is 0 Å². The average molecular weight is 371 g/mol. The zero-order chi connectivity index (χ0) is 18.6. The van der Waals surface area contributed by atoms with Gasteiger partial charge in [-0.15, -0.1) is 0 Å². The highest BCUT2D eigenvalue weighted by Crippen LogP contribution is 2.26. The van der Waals surface area contributed by atoms with Crippen molar-refractivity contribution in [1.29, 1.82) is 0 Å². The fraction of sp³-hybridized carbons (Fsp3) is 0.684. The van der Waals surface area contributed by atoms with Gasteiger partial charge in [0, 0.05) is 25.9 Å². The molecule has 2 aliphatic heterocycles. The number of aromatic nitrogens is 5. The highest BCUT2D eigenvalue weighted by molar-refractivity contribution is 5.42. The SMILES string of the molecule is CC(C)[C@@H]1OCCC[C@H]1Nc1ccnc(N2CCC[C@H](n3cncn3)C2)n1. The van der Waals surface area contributed by atoms with Crippen molar-refractivity contribution in [2.24, 2.45) is 5.92 Å². The van der Waals surface area contributed by atoms with Crippen LogP contribution in [0.5, 0.6) is 0 Å². The van der Waals surface area contributed by atoms with Gasteiger partial charge in [-0.25, -0.2) is 14.6 Å². The molecule has 27 heavy (non-hydrogen) atoms. The molecule has 2 aromatic rings. The summed E-state index contributed by atoms with van der Waals surface area (Å²) in [4.78, 5) is 15.7. The maximum absolute atomic E-state index is 5.99. The Bertz CT molecular complexity index is 721. The van der Waals surface area contributed by atoms with Gasteiger partial charge in [0.2, 0.25) is 5.95 Å². The molecule has 0 unspecified atom stereocenters. The monoisotopic (exact) mass is 371 g/mol. The highest BCUT2D eigenvalue weighted by Gasteiger charge is 2.29. The van der Waals surface area contributed by atoms with Crippen molar-refractivity contribution in [2.75, 3.05) is 29.9 Å². The summed E-state index contributed by atoms with van der Waals surface area (Å²) >= 11 is 0. The second kappa shape index (κ2) is 8.21. The van der Waals surface area contributed by atoms with Crippen molar-refractivity contribution < 1.29 is 4.74 Å². The number of ether oxygens (including phenoxy) is 1. The van der Waals surface area contributed by atoms with Gasteiger partial charge in [0.1, 0.15) is 18.5 Å². The standard InChI is InChI=1S/C19H29N7O/c1-14(2)18-16(6-4-10-27-18)23-17-7-8-21-19(24-17)25-9-3-5-15(11-25)26-13-20-12-22-26/h7-8,12-16,18H,3-6,9-11H2,1-2H3,(H,21,23,24)/t15-,16+,18-/m0/s1. The number of nitrogens with one attached hydrogen (secondary N) is 1. The van der Waals surface area contributed by atoms with E-state index in [2.05, 4.69) is 39.1 Å². The number of rotatable bonds is 5. The number of piperidine rings is 1. The van der Waals surface area contributed by atoms with Crippen LogP contribution in [0.3, 0.4) is 0 Å². The van der Waals surface area contributed by atoms with Gasteiger partial charge in [-0.1, -0.05) is 13.8 Å². The van der Waals surface area contributed by atoms with Crippen molar-refractivity contribution in [3.63, 3.8) is 0 Å². The van der Waals surface area contributed by atoms with Crippen LogP contribution in [0, 0.1) is 5.92 Å². The van der Waals surface area contributed by atoms with Crippen LogP contribution < -0.4 is 10.2 Å². The molecule has 0 aliphatic carbocycles. The summed E-state index contributed by atoms with van der Waals surface area (Å²) in [6.45, 7) is 7.11. The van der Waals surface area contributed by atoms with Crippen molar-refractivity contribution in [3.8, 4) is 0 Å². The van der Waals surface area contributed by atoms with Crippen molar-refractivity contribution >= 4 is 11.8 Å². The predicted octanol–water partition coefficient (Wildman–Crippen LogP) is 2.53. The van der Waals surface area contributed by atoms with Crippen LogP contribution in [0.2, 0.25) is 0 Å². The lowest BCUT2D eigenvalue weighted by molar-refractivity contribution is -0.0203. The first-order valence-electron chi connectivity index (χ1n) is 10.0. The molecule has 0 radical (unpaired) electrons. The molecule has 2 aliphatic rings. The van der Waals surface area contributed by atoms with Gasteiger partial charge in [0.05, 0.1) is 18.2 Å². The molecule has 3 atom stereocenters. The quantitative estimate of drug-likeness (QED) is 0.865. The van der Waals surface area contributed by atoms with E-state index in [4.69, 9.17) is 9.72 Å². The van der Waals surface area contributed by atoms with Gasteiger partial charge in [0.15, 0.2) is 0 Å². The van der Waals surface area contributed by atoms with Crippen LogP contribution in [-0.2, 0) is 4.74 Å². The first-order chi connectivity index (χ1) is 13.2. The van der Waals surface area contributed by atoms with Gasteiger partial charge in [-0.3, -0.25) is 0 Å². The van der Waals surface area contributed by atoms with Crippen LogP contribution in [0.1, 0.15) is 45.6 Å². The zero-order valence-electron chi connectivity index (χ0n) is 16.2. The second-order valence-corrected chi connectivity index (χ2v) is 7.83. The predicted molar refractivity (Wildman–Crippen MR) is 104 cm³/mol. The summed E-state index contributed by atoms with van der Waals surface area (Å²) in [6, 6.07) is 2.57. The average Bonchev–Trinajstić information content (AvgIpc) is 3.23. The van der Waals surface area contributed by atoms with Gasteiger partial charge >= 0.3 is 0 Å². The first-order valence-corrected chi connectivity index (χ1v) is 10.0. The minimum atomic E-state index is 0.226. The van der Waals surface area contributed by atoms with E-state index in [1.165, 1.54) is 0 Å². The summed E-state index contributed by atoms with van der Waals surface area (Å²) in [5, 5.41) is 7.90. The van der Waals surface area contributed by atoms with Crippen LogP contribution in [-0.4, -0.2) is 56.6 Å². The van der Waals surface area contributed by atoms with E-state index in [1.807, 2.05) is 16.9 Å². The maximum Gasteiger partial charge on any atom is 0.227 e. The fourth-order valence-corrected chi connectivity index (χ4v) is 4.14. The third-order valence-corrected chi connectivity index (χ3v) is 5.49. The fourth-order valence-electron chi connectivity index (χ4n) is 4.14. The van der Waals surface area contributed by atoms with E-state index in [0.717, 1.165) is 57.1 Å². The molecule has 0 saturated carbocycles. The van der Waals surface area contributed by atoms with Crippen LogP contribution in [0.15, 0.2) is 24.9 Å². The van der Waals surface area contributed by atoms with Crippen molar-refractivity contribution in [3.05, 3.63) is 24.9 Å². The molecule has 8 heteroatoms. The Hall–Kier alpha value is -2.22. The Balaban J connectivity index is 1.45. The first kappa shape index (κ1) is 18.2. The molecule has 146 valence electrons. The Morgan fingerprint density at radius 1 is 1.26 bits per heavy atom. The minimum Gasteiger partial charge on any atom is -0.376 e. The van der Waals surface area contributed by atoms with E-state index in [9.17, 15) is 0 Å². The van der Waals surface area contributed by atoms with Crippen molar-refractivity contribution in [2.45, 2.75) is 57.7 Å². The third kappa shape index (κ3) is 4.21. The molecule has 0 spiro atoms. The van der Waals surface area contributed by atoms with Gasteiger partial charge in [-0.2, -0.15) is 10.1 Å². The van der Waals surface area contributed by atoms with Crippen molar-refractivity contribution in [1.82, 2.24) is 24.7 Å². The molecule has 2 fully saturated rings. The Morgan fingerprint density at radius 2 is 2.19 bits per heavy atom. The zero-order valence-corrected chi connectivity index (χ0v) is 16.2. The topological polar surface area (TPSA) is 81.0 Å².